The van der Waals surface area contributed by atoms with E-state index in [1.165, 1.54) is 10.5 Å². The summed E-state index contributed by atoms with van der Waals surface area (Å²) in [4.78, 5) is 23.6. The average Bonchev–Trinajstić information content (AvgIpc) is 3.23. The van der Waals surface area contributed by atoms with Gasteiger partial charge in [-0.2, -0.15) is 0 Å². The lowest BCUT2D eigenvalue weighted by Crippen LogP contribution is -2.38. The van der Waals surface area contributed by atoms with E-state index in [1.54, 1.807) is 11.3 Å². The second-order valence-corrected chi connectivity index (χ2v) is 9.67. The van der Waals surface area contributed by atoms with Gasteiger partial charge in [-0.3, -0.25) is 9.69 Å². The smallest absolute Gasteiger partial charge is 0.228 e. The van der Waals surface area contributed by atoms with Crippen molar-refractivity contribution in [3.05, 3.63) is 54.1 Å². The predicted molar refractivity (Wildman–Crippen MR) is 136 cm³/mol. The average molecular weight is 456 g/mol. The third-order valence-corrected chi connectivity index (χ3v) is 7.60. The zero-order valence-corrected chi connectivity index (χ0v) is 20.5. The number of thiazole rings is 1. The predicted octanol–water partition coefficient (Wildman–Crippen LogP) is 6.11. The van der Waals surface area contributed by atoms with E-state index in [2.05, 4.69) is 68.1 Å². The maximum atomic E-state index is 13.2. The Labute approximate surface area is 194 Å². The van der Waals surface area contributed by atoms with Crippen LogP contribution in [-0.2, 0) is 11.2 Å². The first-order valence-electron chi connectivity index (χ1n) is 11.2. The van der Waals surface area contributed by atoms with Crippen LogP contribution in [0.4, 0.5) is 5.13 Å². The molecule has 0 bridgehead atoms. The summed E-state index contributed by atoms with van der Waals surface area (Å²) in [7, 11) is 0. The Morgan fingerprint density at radius 1 is 1.03 bits per heavy atom. The van der Waals surface area contributed by atoms with Gasteiger partial charge < -0.3 is 4.90 Å². The van der Waals surface area contributed by atoms with Crippen molar-refractivity contribution in [3.63, 3.8) is 0 Å². The molecule has 31 heavy (non-hydrogen) atoms. The van der Waals surface area contributed by atoms with Gasteiger partial charge in [0.15, 0.2) is 5.13 Å². The quantitative estimate of drug-likeness (QED) is 0.244. The van der Waals surface area contributed by atoms with Gasteiger partial charge in [0.2, 0.25) is 5.91 Å². The van der Waals surface area contributed by atoms with Crippen LogP contribution in [0.1, 0.15) is 39.2 Å². The summed E-state index contributed by atoms with van der Waals surface area (Å²) < 4.78 is 1.16. The summed E-state index contributed by atoms with van der Waals surface area (Å²) in [5.41, 5.74) is 2.29. The lowest BCUT2D eigenvalue weighted by Gasteiger charge is -2.24. The maximum absolute atomic E-state index is 13.2. The lowest BCUT2D eigenvalue weighted by atomic mass is 10.2. The first-order valence-corrected chi connectivity index (χ1v) is 13.0. The van der Waals surface area contributed by atoms with E-state index in [-0.39, 0.29) is 5.91 Å². The van der Waals surface area contributed by atoms with Crippen molar-refractivity contribution >= 4 is 44.4 Å². The first kappa shape index (κ1) is 23.8. The van der Waals surface area contributed by atoms with Crippen molar-refractivity contribution in [2.24, 2.45) is 0 Å². The molecule has 3 aromatic rings. The molecule has 1 aromatic heterocycles. The number of anilines is 1. The highest BCUT2D eigenvalue weighted by molar-refractivity contribution is 7.99. The van der Waals surface area contributed by atoms with Gasteiger partial charge in [0.25, 0.3) is 0 Å². The number of thioether (sulfide) groups is 1. The number of carbonyl (C=O) groups is 1. The highest BCUT2D eigenvalue weighted by Gasteiger charge is 2.20. The molecule has 166 valence electrons. The molecule has 4 nitrogen and oxygen atoms in total. The Bertz CT molecular complexity index is 954. The monoisotopic (exact) mass is 455 g/mol. The summed E-state index contributed by atoms with van der Waals surface area (Å²) in [6.45, 7) is 10.0. The number of aromatic nitrogens is 1. The fourth-order valence-electron chi connectivity index (χ4n) is 3.47. The van der Waals surface area contributed by atoms with Gasteiger partial charge in [-0.25, -0.2) is 4.98 Å². The normalized spacial score (nSPS) is 11.4. The molecular weight excluding hydrogens is 422 g/mol. The van der Waals surface area contributed by atoms with Crippen LogP contribution in [0.2, 0.25) is 0 Å². The molecule has 3 rings (SSSR count). The molecule has 0 atom stereocenters. The Morgan fingerprint density at radius 3 is 2.52 bits per heavy atom. The van der Waals surface area contributed by atoms with E-state index in [0.29, 0.717) is 13.0 Å². The fraction of sp³-hybridized carbons (Fsp3) is 0.440. The standard InChI is InChI=1S/C25H33N3OS2/c1-4-20-14-15-22-23(19-20)31-25(26-22)28(17-16-27(5-2)6-3)24(29)13-10-18-30-21-11-8-7-9-12-21/h7-9,11-12,14-15,19H,4-6,10,13,16-18H2,1-3H3. The number of aryl methyl sites for hydroxylation is 1. The third-order valence-electron chi connectivity index (χ3n) is 5.46. The SMILES string of the molecule is CCc1ccc2nc(N(CCN(CC)CC)C(=O)CCCSc3ccccc3)sc2c1. The number of benzene rings is 2. The van der Waals surface area contributed by atoms with Crippen LogP contribution in [0, 0.1) is 0 Å². The Balaban J connectivity index is 1.68. The van der Waals surface area contributed by atoms with Gasteiger partial charge in [-0.05, 0) is 61.5 Å². The lowest BCUT2D eigenvalue weighted by molar-refractivity contribution is -0.118. The maximum Gasteiger partial charge on any atom is 0.228 e. The molecule has 0 saturated carbocycles. The number of hydrogen-bond donors (Lipinski definition) is 0. The molecule has 0 saturated heterocycles. The number of fused-ring (bicyclic) bond motifs is 1. The highest BCUT2D eigenvalue weighted by atomic mass is 32.2. The van der Waals surface area contributed by atoms with Crippen LogP contribution in [-0.4, -0.2) is 47.7 Å². The van der Waals surface area contributed by atoms with E-state index >= 15 is 0 Å². The van der Waals surface area contributed by atoms with E-state index in [0.717, 1.165) is 53.6 Å². The van der Waals surface area contributed by atoms with Gasteiger partial charge in [-0.1, -0.05) is 56.4 Å². The molecule has 6 heteroatoms. The topological polar surface area (TPSA) is 36.4 Å². The van der Waals surface area contributed by atoms with Crippen LogP contribution >= 0.6 is 23.1 Å². The molecule has 0 aliphatic rings. The summed E-state index contributed by atoms with van der Waals surface area (Å²) in [5, 5.41) is 0.830. The Morgan fingerprint density at radius 2 is 1.81 bits per heavy atom. The molecule has 0 unspecified atom stereocenters. The summed E-state index contributed by atoms with van der Waals surface area (Å²) in [6.07, 6.45) is 2.42. The van der Waals surface area contributed by atoms with E-state index in [1.807, 2.05) is 22.7 Å². The highest BCUT2D eigenvalue weighted by Crippen LogP contribution is 2.30. The van der Waals surface area contributed by atoms with Crippen molar-refractivity contribution in [1.82, 2.24) is 9.88 Å². The van der Waals surface area contributed by atoms with Crippen molar-refractivity contribution in [3.8, 4) is 0 Å². The van der Waals surface area contributed by atoms with Crippen molar-refractivity contribution in [2.45, 2.75) is 44.9 Å². The minimum atomic E-state index is 0.176. The Hall–Kier alpha value is -1.89. The largest absolute Gasteiger partial charge is 0.302 e. The van der Waals surface area contributed by atoms with E-state index in [9.17, 15) is 4.79 Å². The van der Waals surface area contributed by atoms with E-state index < -0.39 is 0 Å². The number of rotatable bonds is 12. The van der Waals surface area contributed by atoms with Crippen LogP contribution in [0.15, 0.2) is 53.4 Å². The number of amides is 1. The minimum Gasteiger partial charge on any atom is -0.302 e. The summed E-state index contributed by atoms with van der Waals surface area (Å²) >= 11 is 3.45. The molecule has 0 spiro atoms. The zero-order chi connectivity index (χ0) is 22.1. The summed E-state index contributed by atoms with van der Waals surface area (Å²) in [6, 6.07) is 16.8. The molecule has 2 aromatic carbocycles. The van der Waals surface area contributed by atoms with Crippen molar-refractivity contribution < 1.29 is 4.79 Å². The fourth-order valence-corrected chi connectivity index (χ4v) is 5.41. The van der Waals surface area contributed by atoms with E-state index in [4.69, 9.17) is 4.98 Å². The van der Waals surface area contributed by atoms with Crippen LogP contribution in [0.5, 0.6) is 0 Å². The molecule has 1 amide bonds. The van der Waals surface area contributed by atoms with Crippen LogP contribution < -0.4 is 4.90 Å². The molecule has 1 heterocycles. The van der Waals surface area contributed by atoms with Crippen molar-refractivity contribution in [2.75, 3.05) is 36.8 Å². The number of hydrogen-bond acceptors (Lipinski definition) is 5. The van der Waals surface area contributed by atoms with Crippen molar-refractivity contribution in [1.29, 1.82) is 0 Å². The second kappa shape index (κ2) is 12.2. The molecule has 0 N–H and O–H groups in total. The number of likely N-dealkylation sites (N-methyl/N-ethyl adjacent to an activating group) is 1. The molecule has 0 aliphatic heterocycles. The zero-order valence-electron chi connectivity index (χ0n) is 18.8. The molecule has 0 fully saturated rings. The third kappa shape index (κ3) is 6.79. The van der Waals surface area contributed by atoms with Crippen LogP contribution in [0.25, 0.3) is 10.2 Å². The van der Waals surface area contributed by atoms with Gasteiger partial charge in [0.05, 0.1) is 10.2 Å². The van der Waals surface area contributed by atoms with Gasteiger partial charge in [0.1, 0.15) is 0 Å². The molecule has 0 radical (unpaired) electrons. The number of carbonyl (C=O) groups excluding carboxylic acids is 1. The van der Waals surface area contributed by atoms with Crippen LogP contribution in [0.3, 0.4) is 0 Å². The van der Waals surface area contributed by atoms with Gasteiger partial charge in [0, 0.05) is 24.4 Å². The number of nitrogens with zero attached hydrogens (tertiary/aromatic N) is 3. The van der Waals surface area contributed by atoms with Gasteiger partial charge >= 0.3 is 0 Å². The Kier molecular flexibility index (Phi) is 9.37. The molecular formula is C25H33N3OS2. The van der Waals surface area contributed by atoms with Gasteiger partial charge in [-0.15, -0.1) is 11.8 Å². The second-order valence-electron chi connectivity index (χ2n) is 7.49. The summed E-state index contributed by atoms with van der Waals surface area (Å²) in [5.74, 6) is 1.12. The minimum absolute atomic E-state index is 0.176. The molecule has 0 aliphatic carbocycles. The first-order chi connectivity index (χ1) is 15.1.